The number of nitrogens with zero attached hydrogens (tertiary/aromatic N) is 5. The van der Waals surface area contributed by atoms with Crippen molar-refractivity contribution in [3.05, 3.63) is 118 Å². The van der Waals surface area contributed by atoms with E-state index in [9.17, 15) is 13.8 Å². The molecule has 0 aliphatic rings. The quantitative estimate of drug-likeness (QED) is 0.0971. The summed E-state index contributed by atoms with van der Waals surface area (Å²) >= 11 is 1.26. The molecule has 2 aromatic heterocycles. The molecule has 0 amide bonds. The van der Waals surface area contributed by atoms with Gasteiger partial charge in [-0.3, -0.25) is 9.79 Å². The fourth-order valence-electron chi connectivity index (χ4n) is 4.71. The summed E-state index contributed by atoms with van der Waals surface area (Å²) in [6.07, 6.45) is 2.66. The molecule has 0 bridgehead atoms. The van der Waals surface area contributed by atoms with Gasteiger partial charge in [-0.05, 0) is 36.4 Å². The molecular weight excluding hydrogens is 643 g/mol. The summed E-state index contributed by atoms with van der Waals surface area (Å²) in [5.41, 5.74) is -0.0609. The minimum Gasteiger partial charge on any atom is -0.435 e. The average Bonchev–Trinajstić information content (AvgIpc) is 3.72. The number of nitriles is 1. The zero-order valence-corrected chi connectivity index (χ0v) is 25.6. The van der Waals surface area contributed by atoms with Crippen LogP contribution in [0.3, 0.4) is 0 Å². The number of aromatic nitrogens is 4. The highest BCUT2D eigenvalue weighted by Crippen LogP contribution is 2.45. The van der Waals surface area contributed by atoms with Gasteiger partial charge in [-0.25, -0.2) is 32.8 Å². The molecule has 3 aromatic carbocycles. The van der Waals surface area contributed by atoms with E-state index in [4.69, 9.17) is 29.5 Å². The zero-order chi connectivity index (χ0) is 32.9. The van der Waals surface area contributed by atoms with Gasteiger partial charge in [0.2, 0.25) is 0 Å². The Hall–Kier alpha value is -4.84. The van der Waals surface area contributed by atoms with E-state index in [0.717, 1.165) is 17.7 Å². The molecule has 2 N–H and O–H groups in total. The molecule has 0 aliphatic heterocycles. The van der Waals surface area contributed by atoms with Crippen molar-refractivity contribution < 1.29 is 41.9 Å². The van der Waals surface area contributed by atoms with Gasteiger partial charge in [0, 0.05) is 28.5 Å². The average molecular weight is 668 g/mol. The van der Waals surface area contributed by atoms with Gasteiger partial charge in [0.05, 0.1) is 34.4 Å². The van der Waals surface area contributed by atoms with Crippen LogP contribution in [0.15, 0.2) is 84.8 Å². The summed E-state index contributed by atoms with van der Waals surface area (Å²) in [6, 6.07) is 16.9. The zero-order valence-electron chi connectivity index (χ0n) is 23.9. The molecule has 0 spiro atoms. The number of halogens is 2. The predicted octanol–water partition coefficient (Wildman–Crippen LogP) is 5.55. The first-order valence-corrected chi connectivity index (χ1v) is 15.8. The number of carbonyl (C=O) groups is 1. The number of rotatable bonds is 12. The summed E-state index contributed by atoms with van der Waals surface area (Å²) in [6.45, 7) is 0.837. The Kier molecular flexibility index (Phi) is 9.66. The van der Waals surface area contributed by atoms with Gasteiger partial charge in [-0.1, -0.05) is 31.2 Å². The molecule has 46 heavy (non-hydrogen) atoms. The molecule has 5 aromatic rings. The Bertz CT molecular complexity index is 1930. The number of ether oxygens (including phenoxy) is 2. The third-order valence-electron chi connectivity index (χ3n) is 6.95. The first-order chi connectivity index (χ1) is 22.0. The van der Waals surface area contributed by atoms with Crippen LogP contribution in [0.25, 0.3) is 11.3 Å². The molecule has 2 heterocycles. The molecule has 2 atom stereocenters. The van der Waals surface area contributed by atoms with Crippen molar-refractivity contribution in [3.63, 3.8) is 0 Å². The second kappa shape index (κ2) is 13.7. The van der Waals surface area contributed by atoms with Gasteiger partial charge < -0.3 is 14.0 Å². The summed E-state index contributed by atoms with van der Waals surface area (Å²) in [4.78, 5) is 39.8. The lowest BCUT2D eigenvalue weighted by molar-refractivity contribution is -0.148. The molecule has 0 radical (unpaired) electrons. The Balaban J connectivity index is 1.50. The number of phosphoric acid groups is 1. The van der Waals surface area contributed by atoms with Crippen molar-refractivity contribution >= 4 is 25.1 Å². The van der Waals surface area contributed by atoms with Crippen LogP contribution in [0.5, 0.6) is 5.75 Å². The second-order valence-electron chi connectivity index (χ2n) is 9.89. The molecule has 5 rings (SSSR count). The standard InChI is InChI=1S/C30H24F2N5O7PS/c1-19(28-36-27(14-46-28)21-7-5-20(13-33)6-8-21)30(15-37-17-34-16-35-37,25-10-9-23(31)12-26(25)32)43-18-42-29(38)22-3-2-4-24(11-22)44-45(39,40)41/h2-12,14,16-17,19H,15,18H2,1H3,(H2,39,40,41)/t19-,30?/m0/s1. The van der Waals surface area contributed by atoms with E-state index in [1.54, 1.807) is 36.6 Å². The molecule has 12 nitrogen and oxygen atoms in total. The van der Waals surface area contributed by atoms with E-state index in [1.807, 2.05) is 0 Å². The number of hydrogen-bond donors (Lipinski definition) is 2. The number of phosphoric ester groups is 1. The molecule has 1 unspecified atom stereocenters. The van der Waals surface area contributed by atoms with Crippen LogP contribution < -0.4 is 4.52 Å². The van der Waals surface area contributed by atoms with E-state index in [2.05, 4.69) is 20.7 Å². The van der Waals surface area contributed by atoms with Crippen LogP contribution in [0.2, 0.25) is 0 Å². The lowest BCUT2D eigenvalue weighted by Gasteiger charge is -2.38. The first kappa shape index (κ1) is 32.6. The summed E-state index contributed by atoms with van der Waals surface area (Å²) < 4.78 is 58.5. The number of thiazole rings is 1. The topological polar surface area (TPSA) is 170 Å². The lowest BCUT2D eigenvalue weighted by Crippen LogP contribution is -2.42. The minimum absolute atomic E-state index is 0.0693. The Morgan fingerprint density at radius 1 is 1.15 bits per heavy atom. The monoisotopic (exact) mass is 667 g/mol. The highest BCUT2D eigenvalue weighted by molar-refractivity contribution is 7.46. The van der Waals surface area contributed by atoms with Crippen LogP contribution >= 0.6 is 19.2 Å². The maximum atomic E-state index is 15.6. The van der Waals surface area contributed by atoms with E-state index < -0.39 is 43.7 Å². The van der Waals surface area contributed by atoms with E-state index >= 15 is 4.39 Å². The Morgan fingerprint density at radius 2 is 1.93 bits per heavy atom. The summed E-state index contributed by atoms with van der Waals surface area (Å²) in [5.74, 6) is -3.70. The molecule has 0 saturated carbocycles. The van der Waals surface area contributed by atoms with Crippen LogP contribution in [0.4, 0.5) is 8.78 Å². The number of benzene rings is 3. The molecule has 0 aliphatic carbocycles. The van der Waals surface area contributed by atoms with Gasteiger partial charge in [-0.15, -0.1) is 11.3 Å². The number of hydrogen-bond acceptors (Lipinski definition) is 10. The summed E-state index contributed by atoms with van der Waals surface area (Å²) in [5, 5.41) is 15.6. The van der Waals surface area contributed by atoms with Gasteiger partial charge in [0.1, 0.15) is 35.6 Å². The van der Waals surface area contributed by atoms with E-state index in [1.165, 1.54) is 52.9 Å². The largest absolute Gasteiger partial charge is 0.524 e. The molecule has 0 fully saturated rings. The number of carbonyl (C=O) groups excluding carboxylic acids is 1. The van der Waals surface area contributed by atoms with Crippen molar-refractivity contribution in [3.8, 4) is 23.1 Å². The fourth-order valence-corrected chi connectivity index (χ4v) is 6.07. The molecular formula is C30H24F2N5O7PS. The van der Waals surface area contributed by atoms with Crippen LogP contribution in [0.1, 0.15) is 39.3 Å². The second-order valence-corrected chi connectivity index (χ2v) is 11.9. The highest BCUT2D eigenvalue weighted by Gasteiger charge is 2.45. The van der Waals surface area contributed by atoms with Crippen LogP contribution in [-0.4, -0.2) is 42.3 Å². The van der Waals surface area contributed by atoms with Crippen molar-refractivity contribution in [2.24, 2.45) is 0 Å². The molecule has 0 saturated heterocycles. The smallest absolute Gasteiger partial charge is 0.435 e. The maximum absolute atomic E-state index is 15.6. The fraction of sp³-hybridized carbons (Fsp3) is 0.167. The third-order valence-corrected chi connectivity index (χ3v) is 8.43. The van der Waals surface area contributed by atoms with E-state index in [-0.39, 0.29) is 23.4 Å². The van der Waals surface area contributed by atoms with Gasteiger partial charge >= 0.3 is 13.8 Å². The SMILES string of the molecule is C[C@@H](c1nc(-c2ccc(C#N)cc2)cs1)C(Cn1cncn1)(OCOC(=O)c1cccc(OP(=O)(O)O)c1)c1ccc(F)cc1F. The Labute approximate surface area is 264 Å². The normalized spacial score (nSPS) is 13.4. The minimum atomic E-state index is -4.88. The van der Waals surface area contributed by atoms with Crippen LogP contribution in [-0.2, 0) is 26.2 Å². The molecule has 16 heteroatoms. The van der Waals surface area contributed by atoms with Crippen molar-refractivity contribution in [1.29, 1.82) is 5.26 Å². The first-order valence-electron chi connectivity index (χ1n) is 13.4. The van der Waals surface area contributed by atoms with E-state index in [0.29, 0.717) is 22.3 Å². The lowest BCUT2D eigenvalue weighted by atomic mass is 9.81. The van der Waals surface area contributed by atoms with Crippen molar-refractivity contribution in [2.75, 3.05) is 6.79 Å². The van der Waals surface area contributed by atoms with Gasteiger partial charge in [-0.2, -0.15) is 10.4 Å². The Morgan fingerprint density at radius 3 is 2.61 bits per heavy atom. The third kappa shape index (κ3) is 7.51. The van der Waals surface area contributed by atoms with Crippen molar-refractivity contribution in [1.82, 2.24) is 19.7 Å². The summed E-state index contributed by atoms with van der Waals surface area (Å²) in [7, 11) is -4.88. The highest BCUT2D eigenvalue weighted by atomic mass is 32.1. The number of esters is 1. The van der Waals surface area contributed by atoms with Crippen molar-refractivity contribution in [2.45, 2.75) is 25.0 Å². The molecule has 236 valence electrons. The van der Waals surface area contributed by atoms with Gasteiger partial charge in [0.25, 0.3) is 0 Å². The predicted molar refractivity (Wildman–Crippen MR) is 159 cm³/mol. The van der Waals surface area contributed by atoms with Gasteiger partial charge in [0.15, 0.2) is 6.79 Å². The maximum Gasteiger partial charge on any atom is 0.524 e. The van der Waals surface area contributed by atoms with Crippen LogP contribution in [0, 0.1) is 23.0 Å².